The van der Waals surface area contributed by atoms with Gasteiger partial charge in [-0.3, -0.25) is 24.2 Å². The highest BCUT2D eigenvalue weighted by Gasteiger charge is 2.26. The third-order valence-corrected chi connectivity index (χ3v) is 6.05. The van der Waals surface area contributed by atoms with Crippen molar-refractivity contribution in [2.45, 2.75) is 6.04 Å². The molecule has 9 nitrogen and oxygen atoms in total. The number of hydrogen-bond donors (Lipinski definition) is 1. The van der Waals surface area contributed by atoms with Crippen LogP contribution in [0.5, 0.6) is 0 Å². The molecule has 4 aromatic heterocycles. The van der Waals surface area contributed by atoms with Crippen molar-refractivity contribution >= 4 is 28.5 Å². The minimum Gasteiger partial charge on any atom is -0.379 e. The number of carbonyl (C=O) groups is 1. The van der Waals surface area contributed by atoms with Crippen LogP contribution in [-0.2, 0) is 4.74 Å². The van der Waals surface area contributed by atoms with E-state index in [0.29, 0.717) is 59.3 Å². The van der Waals surface area contributed by atoms with E-state index in [1.807, 2.05) is 0 Å². The summed E-state index contributed by atoms with van der Waals surface area (Å²) in [6.45, 7) is 2.72. The first-order valence-corrected chi connectivity index (χ1v) is 11.1. The molecule has 0 bridgehead atoms. The second-order valence-corrected chi connectivity index (χ2v) is 8.19. The van der Waals surface area contributed by atoms with Crippen molar-refractivity contribution in [3.8, 4) is 5.82 Å². The topological polar surface area (TPSA) is 98.1 Å². The number of nitrogens with one attached hydrogen (secondary N) is 1. The summed E-state index contributed by atoms with van der Waals surface area (Å²) in [5.41, 5.74) is 1.54. The highest BCUT2D eigenvalue weighted by atomic mass is 35.5. The number of halogens is 2. The fourth-order valence-electron chi connectivity index (χ4n) is 4.12. The summed E-state index contributed by atoms with van der Waals surface area (Å²) in [4.78, 5) is 32.3. The van der Waals surface area contributed by atoms with Gasteiger partial charge in [0, 0.05) is 50.6 Å². The van der Waals surface area contributed by atoms with E-state index in [9.17, 15) is 9.18 Å². The molecule has 1 fully saturated rings. The molecule has 5 rings (SSSR count). The van der Waals surface area contributed by atoms with Gasteiger partial charge in [0.25, 0.3) is 5.91 Å². The van der Waals surface area contributed by atoms with Gasteiger partial charge >= 0.3 is 0 Å². The highest BCUT2D eigenvalue weighted by Crippen LogP contribution is 2.29. The predicted octanol–water partition coefficient (Wildman–Crippen LogP) is 2.81. The summed E-state index contributed by atoms with van der Waals surface area (Å²) in [5, 5.41) is 3.91. The lowest BCUT2D eigenvalue weighted by Crippen LogP contribution is -2.43. The van der Waals surface area contributed by atoms with Gasteiger partial charge in [-0.15, -0.1) is 0 Å². The van der Waals surface area contributed by atoms with Gasteiger partial charge in [0.1, 0.15) is 11.5 Å². The zero-order chi connectivity index (χ0) is 23.5. The van der Waals surface area contributed by atoms with Crippen molar-refractivity contribution in [3.05, 3.63) is 77.5 Å². The maximum atomic E-state index is 13.9. The number of aromatic nitrogens is 5. The van der Waals surface area contributed by atoms with E-state index in [2.05, 4.69) is 30.2 Å². The van der Waals surface area contributed by atoms with Gasteiger partial charge in [0.2, 0.25) is 0 Å². The van der Waals surface area contributed by atoms with Crippen LogP contribution < -0.4 is 5.32 Å². The van der Waals surface area contributed by atoms with Crippen LogP contribution in [0.3, 0.4) is 0 Å². The molecule has 174 valence electrons. The lowest BCUT2D eigenvalue weighted by Gasteiger charge is -2.34. The van der Waals surface area contributed by atoms with Crippen molar-refractivity contribution < 1.29 is 13.9 Å². The molecule has 1 amide bonds. The quantitative estimate of drug-likeness (QED) is 0.452. The third kappa shape index (κ3) is 4.47. The summed E-state index contributed by atoms with van der Waals surface area (Å²) >= 11 is 6.46. The van der Waals surface area contributed by atoms with E-state index in [1.165, 1.54) is 6.07 Å². The Hall–Kier alpha value is -3.47. The Kier molecular flexibility index (Phi) is 6.43. The molecule has 5 heterocycles. The number of ether oxygens (including phenoxy) is 1. The number of rotatable bonds is 6. The van der Waals surface area contributed by atoms with Gasteiger partial charge in [0.05, 0.1) is 47.6 Å². The Morgan fingerprint density at radius 3 is 2.76 bits per heavy atom. The average Bonchev–Trinajstić information content (AvgIpc) is 3.27. The fourth-order valence-corrected chi connectivity index (χ4v) is 4.36. The number of hydrogen-bond acceptors (Lipinski definition) is 7. The molecular weight excluding hydrogens is 461 g/mol. The minimum absolute atomic E-state index is 0.250. The molecule has 0 aliphatic carbocycles. The molecular formula is C23H21ClFN7O2. The number of pyridine rings is 2. The number of carbonyl (C=O) groups excluding carboxylic acids is 1. The molecule has 1 saturated heterocycles. The van der Waals surface area contributed by atoms with Gasteiger partial charge in [-0.25, -0.2) is 14.4 Å². The maximum Gasteiger partial charge on any atom is 0.253 e. The van der Waals surface area contributed by atoms with Gasteiger partial charge in [-0.2, -0.15) is 0 Å². The van der Waals surface area contributed by atoms with Crippen molar-refractivity contribution in [1.82, 2.24) is 34.7 Å². The normalized spacial score (nSPS) is 15.4. The van der Waals surface area contributed by atoms with E-state index in [4.69, 9.17) is 16.3 Å². The Morgan fingerprint density at radius 1 is 1.15 bits per heavy atom. The molecule has 1 unspecified atom stereocenters. The van der Waals surface area contributed by atoms with Gasteiger partial charge in [-0.05, 0) is 17.7 Å². The van der Waals surface area contributed by atoms with Crippen LogP contribution in [0.4, 0.5) is 4.39 Å². The smallest absolute Gasteiger partial charge is 0.253 e. The Balaban J connectivity index is 1.46. The molecule has 0 spiro atoms. The van der Waals surface area contributed by atoms with E-state index < -0.39 is 5.82 Å². The summed E-state index contributed by atoms with van der Waals surface area (Å²) in [6, 6.07) is 2.81. The van der Waals surface area contributed by atoms with Crippen molar-refractivity contribution in [2.24, 2.45) is 0 Å². The second-order valence-electron chi connectivity index (χ2n) is 7.78. The van der Waals surface area contributed by atoms with E-state index in [1.54, 1.807) is 47.8 Å². The monoisotopic (exact) mass is 481 g/mol. The molecule has 0 radical (unpaired) electrons. The lowest BCUT2D eigenvalue weighted by molar-refractivity contribution is 0.0161. The van der Waals surface area contributed by atoms with Crippen molar-refractivity contribution in [2.75, 3.05) is 32.8 Å². The lowest BCUT2D eigenvalue weighted by atomic mass is 10.1. The van der Waals surface area contributed by atoms with Crippen LogP contribution in [0.1, 0.15) is 22.0 Å². The second kappa shape index (κ2) is 9.80. The predicted molar refractivity (Wildman–Crippen MR) is 123 cm³/mol. The summed E-state index contributed by atoms with van der Waals surface area (Å²) < 4.78 is 21.0. The number of fused-ring (bicyclic) bond motifs is 1. The molecule has 0 aromatic carbocycles. The summed E-state index contributed by atoms with van der Waals surface area (Å²) in [5.74, 6) is -0.240. The molecule has 11 heteroatoms. The van der Waals surface area contributed by atoms with Crippen LogP contribution in [0.15, 0.2) is 55.5 Å². The molecule has 4 aromatic rings. The Morgan fingerprint density at radius 2 is 2.00 bits per heavy atom. The maximum absolute atomic E-state index is 13.9. The summed E-state index contributed by atoms with van der Waals surface area (Å²) in [7, 11) is 0. The zero-order valence-electron chi connectivity index (χ0n) is 18.1. The van der Waals surface area contributed by atoms with Gasteiger partial charge < -0.3 is 10.1 Å². The minimum atomic E-state index is -0.424. The molecule has 34 heavy (non-hydrogen) atoms. The molecule has 1 atom stereocenters. The van der Waals surface area contributed by atoms with Crippen LogP contribution >= 0.6 is 11.6 Å². The standard InChI is InChI=1S/C23H21ClFN7O2/c24-18-1-2-29-22-21(18)17(14-32(22)20-13-26-3-4-28-20)23(33)30-12-19(31-5-7-34-8-6-31)15-9-16(25)11-27-10-15/h1-4,9-11,13-14,19H,5-8,12H2,(H,30,33). The van der Waals surface area contributed by atoms with Crippen LogP contribution in [-0.4, -0.2) is 68.2 Å². The van der Waals surface area contributed by atoms with Crippen molar-refractivity contribution in [3.63, 3.8) is 0 Å². The zero-order valence-corrected chi connectivity index (χ0v) is 18.8. The third-order valence-electron chi connectivity index (χ3n) is 5.73. The van der Waals surface area contributed by atoms with Crippen LogP contribution in [0, 0.1) is 5.82 Å². The molecule has 1 N–H and O–H groups in total. The summed E-state index contributed by atoms with van der Waals surface area (Å²) in [6.07, 6.45) is 10.7. The first kappa shape index (κ1) is 22.3. The number of nitrogens with zero attached hydrogens (tertiary/aromatic N) is 6. The number of amides is 1. The van der Waals surface area contributed by atoms with Gasteiger partial charge in [0.15, 0.2) is 5.82 Å². The first-order valence-electron chi connectivity index (χ1n) is 10.7. The van der Waals surface area contributed by atoms with E-state index in [-0.39, 0.29) is 18.5 Å². The first-order chi connectivity index (χ1) is 16.6. The number of morpholine rings is 1. The largest absolute Gasteiger partial charge is 0.379 e. The Labute approximate surface area is 199 Å². The van der Waals surface area contributed by atoms with E-state index >= 15 is 0 Å². The van der Waals surface area contributed by atoms with Crippen molar-refractivity contribution in [1.29, 1.82) is 0 Å². The fraction of sp³-hybridized carbons (Fsp3) is 0.261. The highest BCUT2D eigenvalue weighted by molar-refractivity contribution is 6.36. The van der Waals surface area contributed by atoms with Crippen LogP contribution in [0.25, 0.3) is 16.9 Å². The molecule has 0 saturated carbocycles. The van der Waals surface area contributed by atoms with E-state index in [0.717, 1.165) is 6.20 Å². The van der Waals surface area contributed by atoms with Crippen LogP contribution in [0.2, 0.25) is 5.02 Å². The average molecular weight is 482 g/mol. The molecule has 1 aliphatic rings. The SMILES string of the molecule is O=C(NCC(c1cncc(F)c1)N1CCOCC1)c1cn(-c2cnccn2)c2nccc(Cl)c12. The van der Waals surface area contributed by atoms with Gasteiger partial charge in [-0.1, -0.05) is 11.6 Å². The Bertz CT molecular complexity index is 1310. The molecule has 1 aliphatic heterocycles.